The third-order valence-electron chi connectivity index (χ3n) is 1.65. The normalized spacial score (nSPS) is 21.8. The number of hydrogen-bond acceptors (Lipinski definition) is 2. The molecule has 1 unspecified atom stereocenters. The van der Waals surface area contributed by atoms with Gasteiger partial charge in [-0.2, -0.15) is 0 Å². The first-order valence-corrected chi connectivity index (χ1v) is 3.52. The van der Waals surface area contributed by atoms with Crippen molar-refractivity contribution in [2.24, 2.45) is 0 Å². The third kappa shape index (κ3) is 1.24. The van der Waals surface area contributed by atoms with E-state index >= 15 is 0 Å². The zero-order chi connectivity index (χ0) is 7.84. The van der Waals surface area contributed by atoms with Crippen molar-refractivity contribution in [1.29, 1.82) is 0 Å². The van der Waals surface area contributed by atoms with Gasteiger partial charge >= 0.3 is 0 Å². The predicted molar refractivity (Wildman–Crippen MR) is 37.6 cm³/mol. The Hall–Kier alpha value is -0.960. The summed E-state index contributed by atoms with van der Waals surface area (Å²) in [6.45, 7) is 2.44. The smallest absolute Gasteiger partial charge is 0.147 e. The van der Waals surface area contributed by atoms with E-state index in [1.54, 1.807) is 6.07 Å². The van der Waals surface area contributed by atoms with Crippen LogP contribution in [0.4, 0.5) is 4.39 Å². The van der Waals surface area contributed by atoms with Crippen LogP contribution in [0.5, 0.6) is 0 Å². The molecule has 1 aromatic heterocycles. The zero-order valence-electron chi connectivity index (χ0n) is 6.17. The van der Waals surface area contributed by atoms with E-state index in [-0.39, 0.29) is 11.9 Å². The lowest BCUT2D eigenvalue weighted by atomic mass is 10.2. The second-order valence-corrected chi connectivity index (χ2v) is 2.64. The summed E-state index contributed by atoms with van der Waals surface area (Å²) in [6.07, 6.45) is -0.0881. The highest BCUT2D eigenvalue weighted by atomic mass is 19.1. The quantitative estimate of drug-likeness (QED) is 0.572. The van der Waals surface area contributed by atoms with Gasteiger partial charge < -0.3 is 4.74 Å². The summed E-state index contributed by atoms with van der Waals surface area (Å²) >= 11 is 0. The summed E-state index contributed by atoms with van der Waals surface area (Å²) in [7, 11) is 0. The summed E-state index contributed by atoms with van der Waals surface area (Å²) in [5.74, 6) is -0.266. The fourth-order valence-electron chi connectivity index (χ4n) is 0.992. The van der Waals surface area contributed by atoms with Crippen LogP contribution in [0.1, 0.15) is 17.5 Å². The molecule has 2 heterocycles. The lowest BCUT2D eigenvalue weighted by Crippen LogP contribution is -1.94. The Balaban J connectivity index is 2.42. The van der Waals surface area contributed by atoms with Gasteiger partial charge in [-0.3, -0.25) is 4.98 Å². The molecule has 1 aromatic rings. The Bertz CT molecular complexity index is 283. The number of epoxide rings is 1. The van der Waals surface area contributed by atoms with Crippen molar-refractivity contribution in [3.63, 3.8) is 0 Å². The summed E-state index contributed by atoms with van der Waals surface area (Å²) < 4.78 is 17.8. The van der Waals surface area contributed by atoms with Crippen molar-refractivity contribution in [1.82, 2.24) is 4.98 Å². The Kier molecular flexibility index (Phi) is 1.39. The van der Waals surface area contributed by atoms with Crippen molar-refractivity contribution in [3.05, 3.63) is 29.3 Å². The molecule has 0 aliphatic carbocycles. The molecule has 0 amide bonds. The number of aromatic nitrogens is 1. The van der Waals surface area contributed by atoms with E-state index in [2.05, 4.69) is 4.98 Å². The second-order valence-electron chi connectivity index (χ2n) is 2.64. The lowest BCUT2D eigenvalue weighted by molar-refractivity contribution is 0.402. The van der Waals surface area contributed by atoms with Gasteiger partial charge in [0.15, 0.2) is 0 Å². The van der Waals surface area contributed by atoms with Crippen LogP contribution in [0.25, 0.3) is 0 Å². The topological polar surface area (TPSA) is 25.4 Å². The molecule has 0 radical (unpaired) electrons. The molecule has 2 nitrogen and oxygen atoms in total. The fraction of sp³-hybridized carbons (Fsp3) is 0.375. The highest BCUT2D eigenvalue weighted by molar-refractivity contribution is 5.16. The Morgan fingerprint density at radius 2 is 2.36 bits per heavy atom. The zero-order valence-corrected chi connectivity index (χ0v) is 6.17. The summed E-state index contributed by atoms with van der Waals surface area (Å²) in [5.41, 5.74) is 1.28. The van der Waals surface area contributed by atoms with E-state index in [0.29, 0.717) is 12.3 Å². The molecule has 0 bridgehead atoms. The molecule has 58 valence electrons. The van der Waals surface area contributed by atoms with Gasteiger partial charge in [-0.05, 0) is 19.1 Å². The van der Waals surface area contributed by atoms with Crippen molar-refractivity contribution in [3.8, 4) is 0 Å². The van der Waals surface area contributed by atoms with Crippen LogP contribution < -0.4 is 0 Å². The van der Waals surface area contributed by atoms with Crippen LogP contribution in [0.2, 0.25) is 0 Å². The van der Waals surface area contributed by atoms with Gasteiger partial charge in [0.05, 0.1) is 6.61 Å². The van der Waals surface area contributed by atoms with Gasteiger partial charge in [-0.1, -0.05) is 0 Å². The van der Waals surface area contributed by atoms with E-state index < -0.39 is 0 Å². The summed E-state index contributed by atoms with van der Waals surface area (Å²) in [5, 5.41) is 0. The van der Waals surface area contributed by atoms with Crippen LogP contribution in [0.3, 0.4) is 0 Å². The van der Waals surface area contributed by atoms with Crippen LogP contribution >= 0.6 is 0 Å². The highest BCUT2D eigenvalue weighted by Crippen LogP contribution is 2.29. The van der Waals surface area contributed by atoms with Gasteiger partial charge in [0, 0.05) is 5.69 Å². The summed E-state index contributed by atoms with van der Waals surface area (Å²) in [4.78, 5) is 4.03. The second kappa shape index (κ2) is 2.27. The molecule has 2 rings (SSSR count). The average molecular weight is 153 g/mol. The minimum absolute atomic E-state index is 0.0881. The Morgan fingerprint density at radius 1 is 1.64 bits per heavy atom. The van der Waals surface area contributed by atoms with Crippen LogP contribution in [0.15, 0.2) is 12.1 Å². The van der Waals surface area contributed by atoms with Crippen LogP contribution in [-0.4, -0.2) is 11.6 Å². The van der Waals surface area contributed by atoms with Gasteiger partial charge in [0.25, 0.3) is 0 Å². The number of hydrogen-bond donors (Lipinski definition) is 0. The maximum absolute atomic E-state index is 12.9. The predicted octanol–water partition coefficient (Wildman–Crippen LogP) is 1.60. The number of aryl methyl sites for hydroxylation is 1. The molecule has 1 aliphatic heterocycles. The van der Waals surface area contributed by atoms with E-state index in [0.717, 1.165) is 5.69 Å². The Labute approximate surface area is 64.0 Å². The molecule has 3 heteroatoms. The van der Waals surface area contributed by atoms with Crippen molar-refractivity contribution >= 4 is 0 Å². The third-order valence-corrected chi connectivity index (χ3v) is 1.65. The maximum atomic E-state index is 12.9. The first kappa shape index (κ1) is 6.73. The Morgan fingerprint density at radius 3 is 3.00 bits per heavy atom. The lowest BCUT2D eigenvalue weighted by Gasteiger charge is -1.97. The van der Waals surface area contributed by atoms with E-state index in [9.17, 15) is 4.39 Å². The monoisotopic (exact) mass is 153 g/mol. The molecule has 1 saturated heterocycles. The number of nitrogens with zero attached hydrogens (tertiary/aromatic N) is 1. The van der Waals surface area contributed by atoms with Gasteiger partial charge in [-0.25, -0.2) is 4.39 Å². The van der Waals surface area contributed by atoms with E-state index in [1.165, 1.54) is 6.07 Å². The number of rotatable bonds is 1. The van der Waals surface area contributed by atoms with E-state index in [1.807, 2.05) is 6.92 Å². The van der Waals surface area contributed by atoms with Crippen LogP contribution in [-0.2, 0) is 4.74 Å². The van der Waals surface area contributed by atoms with Gasteiger partial charge in [0.1, 0.15) is 17.6 Å². The molecular weight excluding hydrogens is 145 g/mol. The minimum Gasteiger partial charge on any atom is -0.366 e. The molecular formula is C8H8FNO. The maximum Gasteiger partial charge on any atom is 0.147 e. The largest absolute Gasteiger partial charge is 0.366 e. The average Bonchev–Trinajstić information content (AvgIpc) is 2.76. The minimum atomic E-state index is -0.266. The van der Waals surface area contributed by atoms with Gasteiger partial charge in [0.2, 0.25) is 0 Å². The molecule has 1 aliphatic rings. The van der Waals surface area contributed by atoms with E-state index in [4.69, 9.17) is 4.74 Å². The number of halogens is 1. The standard InChI is InChI=1S/C8H8FNO/c1-5-2-3-6(9)8(10-5)7-4-11-7/h2-3,7H,4H2,1H3. The van der Waals surface area contributed by atoms with Gasteiger partial charge in [-0.15, -0.1) is 0 Å². The number of ether oxygens (including phenoxy) is 1. The SMILES string of the molecule is Cc1ccc(F)c(C2CO2)n1. The molecule has 0 saturated carbocycles. The molecule has 0 aromatic carbocycles. The number of pyridine rings is 1. The fourth-order valence-corrected chi connectivity index (χ4v) is 0.992. The van der Waals surface area contributed by atoms with Crippen molar-refractivity contribution in [2.75, 3.05) is 6.61 Å². The molecule has 1 atom stereocenters. The summed E-state index contributed by atoms with van der Waals surface area (Å²) in [6, 6.07) is 3.08. The molecule has 0 spiro atoms. The van der Waals surface area contributed by atoms with Crippen molar-refractivity contribution < 1.29 is 9.13 Å². The molecule has 11 heavy (non-hydrogen) atoms. The first-order valence-electron chi connectivity index (χ1n) is 3.52. The first-order chi connectivity index (χ1) is 5.27. The highest BCUT2D eigenvalue weighted by Gasteiger charge is 2.29. The van der Waals surface area contributed by atoms with Crippen LogP contribution in [0, 0.1) is 12.7 Å². The van der Waals surface area contributed by atoms with Crippen molar-refractivity contribution in [2.45, 2.75) is 13.0 Å². The molecule has 1 fully saturated rings. The molecule has 0 N–H and O–H groups in total.